The molecule has 1 saturated heterocycles. The van der Waals surface area contributed by atoms with Crippen LogP contribution in [-0.2, 0) is 4.79 Å². The summed E-state index contributed by atoms with van der Waals surface area (Å²) in [5, 5.41) is 2.79. The number of anilines is 1. The Morgan fingerprint density at radius 1 is 1.14 bits per heavy atom. The second kappa shape index (κ2) is 9.56. The van der Waals surface area contributed by atoms with Gasteiger partial charge in [-0.15, -0.1) is 0 Å². The van der Waals surface area contributed by atoms with E-state index in [-0.39, 0.29) is 24.2 Å². The highest BCUT2D eigenvalue weighted by Crippen LogP contribution is 2.38. The molecular formula is C21H24F2N2O4. The lowest BCUT2D eigenvalue weighted by Crippen LogP contribution is -2.33. The summed E-state index contributed by atoms with van der Waals surface area (Å²) in [5.41, 5.74) is 1.51. The third-order valence-electron chi connectivity index (χ3n) is 4.87. The van der Waals surface area contributed by atoms with Crippen molar-refractivity contribution >= 4 is 11.6 Å². The monoisotopic (exact) mass is 406 g/mol. The van der Waals surface area contributed by atoms with Gasteiger partial charge in [0.25, 0.3) is 0 Å². The topological polar surface area (TPSA) is 60.0 Å². The van der Waals surface area contributed by atoms with Crippen LogP contribution in [0.4, 0.5) is 14.5 Å². The first-order valence-corrected chi connectivity index (χ1v) is 9.31. The maximum Gasteiger partial charge on any atom is 0.387 e. The molecule has 0 spiro atoms. The summed E-state index contributed by atoms with van der Waals surface area (Å²) < 4.78 is 39.6. The van der Waals surface area contributed by atoms with Gasteiger partial charge in [-0.25, -0.2) is 0 Å². The Morgan fingerprint density at radius 2 is 1.86 bits per heavy atom. The number of carbonyl (C=O) groups is 1. The first-order chi connectivity index (χ1) is 14.0. The Morgan fingerprint density at radius 3 is 2.52 bits per heavy atom. The summed E-state index contributed by atoms with van der Waals surface area (Å²) in [4.78, 5) is 14.6. The minimum absolute atomic E-state index is 0.0442. The van der Waals surface area contributed by atoms with Crippen LogP contribution in [0.2, 0.25) is 0 Å². The molecule has 0 saturated carbocycles. The van der Waals surface area contributed by atoms with Gasteiger partial charge >= 0.3 is 6.61 Å². The van der Waals surface area contributed by atoms with E-state index in [2.05, 4.69) is 15.0 Å². The van der Waals surface area contributed by atoms with Crippen LogP contribution < -0.4 is 19.5 Å². The molecule has 1 atom stereocenters. The average Bonchev–Trinajstić information content (AvgIpc) is 3.16. The van der Waals surface area contributed by atoms with E-state index >= 15 is 0 Å². The van der Waals surface area contributed by atoms with Crippen LogP contribution in [0.1, 0.15) is 24.4 Å². The fourth-order valence-corrected chi connectivity index (χ4v) is 3.57. The van der Waals surface area contributed by atoms with E-state index in [1.165, 1.54) is 24.3 Å². The van der Waals surface area contributed by atoms with Crippen molar-refractivity contribution < 1.29 is 27.8 Å². The number of amides is 1. The molecule has 0 radical (unpaired) electrons. The molecular weight excluding hydrogens is 382 g/mol. The van der Waals surface area contributed by atoms with Gasteiger partial charge in [0.2, 0.25) is 5.91 Å². The minimum atomic E-state index is -2.88. The molecule has 6 nitrogen and oxygen atoms in total. The summed E-state index contributed by atoms with van der Waals surface area (Å²) in [6.07, 6.45) is 1.88. The fraction of sp³-hybridized carbons (Fsp3) is 0.381. The maximum absolute atomic E-state index is 12.5. The van der Waals surface area contributed by atoms with Gasteiger partial charge < -0.3 is 19.5 Å². The lowest BCUT2D eigenvalue weighted by Gasteiger charge is -2.26. The van der Waals surface area contributed by atoms with E-state index in [0.717, 1.165) is 36.4 Å². The molecule has 0 aromatic heterocycles. The molecule has 1 amide bonds. The third kappa shape index (κ3) is 5.35. The van der Waals surface area contributed by atoms with Crippen LogP contribution >= 0.6 is 0 Å². The fourth-order valence-electron chi connectivity index (χ4n) is 3.57. The molecule has 0 aliphatic carbocycles. The second-order valence-corrected chi connectivity index (χ2v) is 6.69. The number of alkyl halides is 2. The molecule has 1 fully saturated rings. The summed E-state index contributed by atoms with van der Waals surface area (Å²) in [5.74, 6) is 1.37. The lowest BCUT2D eigenvalue weighted by molar-refractivity contribution is -0.117. The highest BCUT2D eigenvalue weighted by molar-refractivity contribution is 5.92. The third-order valence-corrected chi connectivity index (χ3v) is 4.87. The smallest absolute Gasteiger partial charge is 0.387 e. The Hall–Kier alpha value is -2.87. The zero-order valence-corrected chi connectivity index (χ0v) is 16.4. The number of carbonyl (C=O) groups excluding carboxylic acids is 1. The molecule has 3 rings (SSSR count). The van der Waals surface area contributed by atoms with Crippen molar-refractivity contribution in [1.82, 2.24) is 4.90 Å². The van der Waals surface area contributed by atoms with Crippen LogP contribution in [0, 0.1) is 0 Å². The Labute approximate surface area is 168 Å². The number of methoxy groups -OCH3 is 2. The predicted molar refractivity (Wildman–Crippen MR) is 105 cm³/mol. The van der Waals surface area contributed by atoms with Crippen LogP contribution in [0.5, 0.6) is 17.2 Å². The standard InChI is InChI=1S/C21H24F2N2O4/c1-27-16-9-10-19(28-2)17(12-16)18-4-3-11-25(18)13-20(26)24-14-5-7-15(8-6-14)29-21(22)23/h5-10,12,18,21H,3-4,11,13H2,1-2H3,(H,24,26)/t18-/m0/s1. The summed E-state index contributed by atoms with van der Waals surface area (Å²) in [6.45, 7) is -1.88. The van der Waals surface area contributed by atoms with E-state index in [0.29, 0.717) is 5.69 Å². The molecule has 2 aromatic rings. The van der Waals surface area contributed by atoms with Crippen molar-refractivity contribution in [3.8, 4) is 17.2 Å². The number of likely N-dealkylation sites (tertiary alicyclic amines) is 1. The van der Waals surface area contributed by atoms with Crippen LogP contribution in [0.25, 0.3) is 0 Å². The number of nitrogens with one attached hydrogen (secondary N) is 1. The number of hydrogen-bond acceptors (Lipinski definition) is 5. The van der Waals surface area contributed by atoms with E-state index < -0.39 is 6.61 Å². The molecule has 1 aliphatic heterocycles. The van der Waals surface area contributed by atoms with Gasteiger partial charge in [-0.3, -0.25) is 9.69 Å². The van der Waals surface area contributed by atoms with Crippen LogP contribution in [0.3, 0.4) is 0 Å². The normalized spacial score (nSPS) is 16.7. The molecule has 156 valence electrons. The van der Waals surface area contributed by atoms with Crippen LogP contribution in [-0.4, -0.2) is 44.7 Å². The van der Waals surface area contributed by atoms with Gasteiger partial charge in [0.1, 0.15) is 17.2 Å². The van der Waals surface area contributed by atoms with Crippen molar-refractivity contribution in [1.29, 1.82) is 0 Å². The maximum atomic E-state index is 12.5. The molecule has 29 heavy (non-hydrogen) atoms. The molecule has 2 aromatic carbocycles. The summed E-state index contributed by atoms with van der Waals surface area (Å²) in [7, 11) is 3.24. The quantitative estimate of drug-likeness (QED) is 0.716. The predicted octanol–water partition coefficient (Wildman–Crippen LogP) is 4.08. The largest absolute Gasteiger partial charge is 0.497 e. The Bertz CT molecular complexity index is 830. The zero-order valence-electron chi connectivity index (χ0n) is 16.4. The van der Waals surface area contributed by atoms with Gasteiger partial charge in [-0.05, 0) is 61.9 Å². The molecule has 1 heterocycles. The number of benzene rings is 2. The lowest BCUT2D eigenvalue weighted by atomic mass is 10.0. The highest BCUT2D eigenvalue weighted by atomic mass is 19.3. The zero-order chi connectivity index (χ0) is 20.8. The molecule has 0 unspecified atom stereocenters. The SMILES string of the molecule is COc1ccc(OC)c([C@@H]2CCCN2CC(=O)Nc2ccc(OC(F)F)cc2)c1. The average molecular weight is 406 g/mol. The van der Waals surface area contributed by atoms with Crippen molar-refractivity contribution in [3.63, 3.8) is 0 Å². The van der Waals surface area contributed by atoms with Crippen molar-refractivity contribution in [2.45, 2.75) is 25.5 Å². The van der Waals surface area contributed by atoms with Gasteiger partial charge in [0, 0.05) is 17.3 Å². The van der Waals surface area contributed by atoms with Crippen molar-refractivity contribution in [2.24, 2.45) is 0 Å². The van der Waals surface area contributed by atoms with E-state index in [1.54, 1.807) is 14.2 Å². The van der Waals surface area contributed by atoms with Crippen molar-refractivity contribution in [2.75, 3.05) is 32.6 Å². The number of ether oxygens (including phenoxy) is 3. The summed E-state index contributed by atoms with van der Waals surface area (Å²) >= 11 is 0. The molecule has 1 N–H and O–H groups in total. The van der Waals surface area contributed by atoms with Gasteiger partial charge in [-0.2, -0.15) is 8.78 Å². The Kier molecular flexibility index (Phi) is 6.87. The number of halogens is 2. The van der Waals surface area contributed by atoms with Gasteiger partial charge in [0.15, 0.2) is 0 Å². The van der Waals surface area contributed by atoms with E-state index in [4.69, 9.17) is 9.47 Å². The first kappa shape index (κ1) is 20.9. The Balaban J connectivity index is 1.65. The van der Waals surface area contributed by atoms with Crippen molar-refractivity contribution in [3.05, 3.63) is 48.0 Å². The summed E-state index contributed by atoms with van der Waals surface area (Å²) in [6, 6.07) is 11.5. The van der Waals surface area contributed by atoms with E-state index in [9.17, 15) is 13.6 Å². The van der Waals surface area contributed by atoms with Gasteiger partial charge in [0.05, 0.1) is 20.8 Å². The number of rotatable bonds is 8. The van der Waals surface area contributed by atoms with Crippen LogP contribution in [0.15, 0.2) is 42.5 Å². The molecule has 1 aliphatic rings. The first-order valence-electron chi connectivity index (χ1n) is 9.31. The number of nitrogens with zero attached hydrogens (tertiary/aromatic N) is 1. The molecule has 8 heteroatoms. The number of hydrogen-bond donors (Lipinski definition) is 1. The molecule has 0 bridgehead atoms. The minimum Gasteiger partial charge on any atom is -0.497 e. The second-order valence-electron chi connectivity index (χ2n) is 6.69. The highest BCUT2D eigenvalue weighted by Gasteiger charge is 2.30. The van der Waals surface area contributed by atoms with E-state index in [1.807, 2.05) is 18.2 Å². The van der Waals surface area contributed by atoms with Gasteiger partial charge in [-0.1, -0.05) is 0 Å².